The van der Waals surface area contributed by atoms with Gasteiger partial charge in [0.25, 0.3) is 0 Å². The standard InChI is InChI=1S/C18H27ClN2O2/c1-12(2)11-16(20)18(23)21-9-7-14(8-10-21)17(22)13-3-5-15(19)6-4-13/h3-6,12,14,16-17,22H,7-11,20H2,1-2H3/t16-,17?/m0/s1. The molecule has 2 rings (SSSR count). The molecular formula is C18H27ClN2O2. The van der Waals surface area contributed by atoms with E-state index in [9.17, 15) is 9.90 Å². The summed E-state index contributed by atoms with van der Waals surface area (Å²) in [6, 6.07) is 6.91. The number of rotatable bonds is 5. The predicted octanol–water partition coefficient (Wildman–Crippen LogP) is 2.99. The second kappa shape index (κ2) is 8.13. The Bertz CT molecular complexity index is 510. The summed E-state index contributed by atoms with van der Waals surface area (Å²) in [5, 5.41) is 11.2. The fourth-order valence-electron chi connectivity index (χ4n) is 3.21. The summed E-state index contributed by atoms with van der Waals surface area (Å²) in [6.45, 7) is 5.48. The van der Waals surface area contributed by atoms with Crippen molar-refractivity contribution in [3.8, 4) is 0 Å². The average molecular weight is 339 g/mol. The van der Waals surface area contributed by atoms with Gasteiger partial charge in [0, 0.05) is 18.1 Å². The van der Waals surface area contributed by atoms with E-state index in [-0.39, 0.29) is 11.8 Å². The zero-order valence-electron chi connectivity index (χ0n) is 13.9. The Morgan fingerprint density at radius 3 is 2.39 bits per heavy atom. The number of carbonyl (C=O) groups excluding carboxylic acids is 1. The topological polar surface area (TPSA) is 66.6 Å². The number of nitrogens with two attached hydrogens (primary N) is 1. The van der Waals surface area contributed by atoms with Gasteiger partial charge in [-0.25, -0.2) is 0 Å². The highest BCUT2D eigenvalue weighted by Crippen LogP contribution is 2.31. The normalized spacial score (nSPS) is 19.0. The summed E-state index contributed by atoms with van der Waals surface area (Å²) >= 11 is 5.88. The third kappa shape index (κ3) is 4.93. The van der Waals surface area contributed by atoms with E-state index in [0.29, 0.717) is 30.5 Å². The summed E-state index contributed by atoms with van der Waals surface area (Å²) in [4.78, 5) is 14.2. The number of aliphatic hydroxyl groups is 1. The van der Waals surface area contributed by atoms with Crippen LogP contribution in [0.25, 0.3) is 0 Å². The van der Waals surface area contributed by atoms with Gasteiger partial charge in [0.2, 0.25) is 5.91 Å². The molecule has 4 nitrogen and oxygen atoms in total. The average Bonchev–Trinajstić information content (AvgIpc) is 2.53. The third-order valence-electron chi connectivity index (χ3n) is 4.55. The van der Waals surface area contributed by atoms with Gasteiger partial charge in [-0.1, -0.05) is 37.6 Å². The van der Waals surface area contributed by atoms with Gasteiger partial charge in [-0.3, -0.25) is 4.79 Å². The van der Waals surface area contributed by atoms with Crippen LogP contribution in [-0.2, 0) is 4.79 Å². The van der Waals surface area contributed by atoms with Crippen LogP contribution in [0.2, 0.25) is 5.02 Å². The van der Waals surface area contributed by atoms with Crippen molar-refractivity contribution in [1.29, 1.82) is 0 Å². The van der Waals surface area contributed by atoms with Crippen LogP contribution in [-0.4, -0.2) is 35.0 Å². The first-order valence-corrected chi connectivity index (χ1v) is 8.74. The minimum atomic E-state index is -0.506. The lowest BCUT2D eigenvalue weighted by atomic mass is 9.87. The van der Waals surface area contributed by atoms with E-state index in [0.717, 1.165) is 18.4 Å². The van der Waals surface area contributed by atoms with Gasteiger partial charge in [-0.15, -0.1) is 0 Å². The van der Waals surface area contributed by atoms with Crippen molar-refractivity contribution in [2.75, 3.05) is 13.1 Å². The lowest BCUT2D eigenvalue weighted by Gasteiger charge is -2.35. The maximum atomic E-state index is 12.3. The molecule has 23 heavy (non-hydrogen) atoms. The molecule has 1 saturated heterocycles. The van der Waals surface area contributed by atoms with Gasteiger partial charge in [0.15, 0.2) is 0 Å². The number of amides is 1. The fraction of sp³-hybridized carbons (Fsp3) is 0.611. The molecule has 1 aliphatic rings. The van der Waals surface area contributed by atoms with Gasteiger partial charge in [-0.2, -0.15) is 0 Å². The van der Waals surface area contributed by atoms with E-state index in [1.54, 1.807) is 12.1 Å². The summed E-state index contributed by atoms with van der Waals surface area (Å²) in [5.41, 5.74) is 6.88. The van der Waals surface area contributed by atoms with E-state index in [1.165, 1.54) is 0 Å². The molecule has 0 saturated carbocycles. The number of likely N-dealkylation sites (tertiary alicyclic amines) is 1. The molecule has 128 valence electrons. The largest absolute Gasteiger partial charge is 0.388 e. The number of carbonyl (C=O) groups is 1. The molecule has 3 N–H and O–H groups in total. The highest BCUT2D eigenvalue weighted by molar-refractivity contribution is 6.30. The number of nitrogens with zero attached hydrogens (tertiary/aromatic N) is 1. The molecule has 1 unspecified atom stereocenters. The van der Waals surface area contributed by atoms with Gasteiger partial charge >= 0.3 is 0 Å². The molecule has 0 aromatic heterocycles. The molecule has 2 atom stereocenters. The fourth-order valence-corrected chi connectivity index (χ4v) is 3.34. The molecule has 1 fully saturated rings. The van der Waals surface area contributed by atoms with Crippen LogP contribution in [0.5, 0.6) is 0 Å². The minimum absolute atomic E-state index is 0.0399. The van der Waals surface area contributed by atoms with Crippen LogP contribution >= 0.6 is 11.6 Å². The second-order valence-corrected chi connectivity index (χ2v) is 7.33. The quantitative estimate of drug-likeness (QED) is 0.867. The van der Waals surface area contributed by atoms with Gasteiger partial charge in [0.1, 0.15) is 0 Å². The van der Waals surface area contributed by atoms with Crippen molar-refractivity contribution < 1.29 is 9.90 Å². The first kappa shape index (κ1) is 18.2. The number of hydrogen-bond donors (Lipinski definition) is 2. The second-order valence-electron chi connectivity index (χ2n) is 6.90. The van der Waals surface area contributed by atoms with Crippen molar-refractivity contribution in [2.24, 2.45) is 17.6 Å². The van der Waals surface area contributed by atoms with E-state index in [1.807, 2.05) is 17.0 Å². The van der Waals surface area contributed by atoms with Crippen molar-refractivity contribution in [1.82, 2.24) is 4.90 Å². The summed E-state index contributed by atoms with van der Waals surface area (Å²) < 4.78 is 0. The maximum Gasteiger partial charge on any atom is 0.239 e. The third-order valence-corrected chi connectivity index (χ3v) is 4.80. The maximum absolute atomic E-state index is 12.3. The molecule has 0 bridgehead atoms. The number of benzene rings is 1. The molecule has 0 aliphatic carbocycles. The highest BCUT2D eigenvalue weighted by Gasteiger charge is 2.30. The van der Waals surface area contributed by atoms with Gasteiger partial charge in [0.05, 0.1) is 12.1 Å². The van der Waals surface area contributed by atoms with E-state index in [4.69, 9.17) is 17.3 Å². The van der Waals surface area contributed by atoms with Crippen LogP contribution in [0.4, 0.5) is 0 Å². The monoisotopic (exact) mass is 338 g/mol. The van der Waals surface area contributed by atoms with E-state index in [2.05, 4.69) is 13.8 Å². The molecule has 1 aromatic carbocycles. The Hall–Kier alpha value is -1.10. The van der Waals surface area contributed by atoms with Gasteiger partial charge < -0.3 is 15.7 Å². The molecule has 1 aromatic rings. The van der Waals surface area contributed by atoms with Crippen LogP contribution in [0.3, 0.4) is 0 Å². The summed E-state index contributed by atoms with van der Waals surface area (Å²) in [6.07, 6.45) is 1.80. The summed E-state index contributed by atoms with van der Waals surface area (Å²) in [7, 11) is 0. The van der Waals surface area contributed by atoms with Crippen LogP contribution < -0.4 is 5.73 Å². The molecule has 1 amide bonds. The van der Waals surface area contributed by atoms with E-state index < -0.39 is 12.1 Å². The van der Waals surface area contributed by atoms with Crippen molar-refractivity contribution in [3.63, 3.8) is 0 Å². The van der Waals surface area contributed by atoms with E-state index >= 15 is 0 Å². The van der Waals surface area contributed by atoms with Crippen LogP contribution in [0.1, 0.15) is 44.8 Å². The lowest BCUT2D eigenvalue weighted by molar-refractivity contribution is -0.135. The number of piperidine rings is 1. The zero-order chi connectivity index (χ0) is 17.0. The first-order chi connectivity index (χ1) is 10.9. The van der Waals surface area contributed by atoms with Crippen LogP contribution in [0.15, 0.2) is 24.3 Å². The molecule has 1 heterocycles. The smallest absolute Gasteiger partial charge is 0.239 e. The van der Waals surface area contributed by atoms with Gasteiger partial charge in [-0.05, 0) is 48.8 Å². The number of hydrogen-bond acceptors (Lipinski definition) is 3. The Morgan fingerprint density at radius 1 is 1.30 bits per heavy atom. The lowest BCUT2D eigenvalue weighted by Crippen LogP contribution is -2.48. The molecule has 1 aliphatic heterocycles. The summed E-state index contributed by atoms with van der Waals surface area (Å²) in [5.74, 6) is 0.623. The van der Waals surface area contributed by atoms with Crippen molar-refractivity contribution in [3.05, 3.63) is 34.9 Å². The Kier molecular flexibility index (Phi) is 6.45. The predicted molar refractivity (Wildman–Crippen MR) is 93.1 cm³/mol. The first-order valence-electron chi connectivity index (χ1n) is 8.36. The Morgan fingerprint density at radius 2 is 1.87 bits per heavy atom. The Balaban J connectivity index is 1.88. The molecule has 0 radical (unpaired) electrons. The zero-order valence-corrected chi connectivity index (χ0v) is 14.7. The SMILES string of the molecule is CC(C)C[C@H](N)C(=O)N1CCC(C(O)c2ccc(Cl)cc2)CC1. The molecule has 0 spiro atoms. The highest BCUT2D eigenvalue weighted by atomic mass is 35.5. The number of aliphatic hydroxyl groups excluding tert-OH is 1. The Labute approximate surface area is 143 Å². The van der Waals surface area contributed by atoms with Crippen LogP contribution in [0, 0.1) is 11.8 Å². The number of halogens is 1. The molecule has 5 heteroatoms. The molecular weight excluding hydrogens is 312 g/mol. The minimum Gasteiger partial charge on any atom is -0.388 e. The van der Waals surface area contributed by atoms with Crippen molar-refractivity contribution in [2.45, 2.75) is 45.3 Å². The van der Waals surface area contributed by atoms with Crippen molar-refractivity contribution >= 4 is 17.5 Å².